The van der Waals surface area contributed by atoms with E-state index >= 15 is 0 Å². The molecule has 1 N–H and O–H groups in total. The van der Waals surface area contributed by atoms with Crippen molar-refractivity contribution < 1.29 is 18.3 Å². The SMILES string of the molecule is C/C=C(\CCCCC(C)CO)c1cnc2cc(C3(C(F)(F)F)CC3)n(C)c2n1.C1CCC1. The Bertz CT molecular complexity index is 920. The minimum Gasteiger partial charge on any atom is -0.396 e. The van der Waals surface area contributed by atoms with Gasteiger partial charge in [-0.25, -0.2) is 4.98 Å². The van der Waals surface area contributed by atoms with Crippen molar-refractivity contribution in [2.45, 2.75) is 89.6 Å². The molecule has 0 radical (unpaired) electrons. The summed E-state index contributed by atoms with van der Waals surface area (Å²) in [6.45, 7) is 4.17. The summed E-state index contributed by atoms with van der Waals surface area (Å²) in [6.07, 6.45) is 9.43. The van der Waals surface area contributed by atoms with Crippen molar-refractivity contribution in [1.29, 1.82) is 0 Å². The molecular weight excluding hydrogens is 415 g/mol. The van der Waals surface area contributed by atoms with Gasteiger partial charge in [0.1, 0.15) is 10.9 Å². The second-order valence-corrected chi connectivity index (χ2v) is 9.39. The number of aliphatic hydroxyl groups is 1. The molecule has 4 rings (SSSR count). The summed E-state index contributed by atoms with van der Waals surface area (Å²) >= 11 is 0. The molecule has 4 nitrogen and oxygen atoms in total. The topological polar surface area (TPSA) is 50.9 Å². The van der Waals surface area contributed by atoms with Crippen molar-refractivity contribution in [2.24, 2.45) is 13.0 Å². The van der Waals surface area contributed by atoms with Crippen LogP contribution in [0.3, 0.4) is 0 Å². The average Bonchev–Trinajstić information content (AvgIpc) is 3.46. The zero-order valence-corrected chi connectivity index (χ0v) is 19.5. The lowest BCUT2D eigenvalue weighted by atomic mass is 10.0. The summed E-state index contributed by atoms with van der Waals surface area (Å²) < 4.78 is 42.1. The van der Waals surface area contributed by atoms with E-state index < -0.39 is 11.6 Å². The Labute approximate surface area is 189 Å². The maximum absolute atomic E-state index is 13.5. The van der Waals surface area contributed by atoms with Crippen molar-refractivity contribution in [3.05, 3.63) is 29.7 Å². The van der Waals surface area contributed by atoms with Gasteiger partial charge in [-0.2, -0.15) is 13.2 Å². The van der Waals surface area contributed by atoms with Crippen LogP contribution in [0.15, 0.2) is 18.3 Å². The van der Waals surface area contributed by atoms with Gasteiger partial charge in [0.15, 0.2) is 5.65 Å². The summed E-state index contributed by atoms with van der Waals surface area (Å²) in [6, 6.07) is 1.54. The highest BCUT2D eigenvalue weighted by atomic mass is 19.4. The van der Waals surface area contributed by atoms with Crippen LogP contribution in [-0.2, 0) is 12.5 Å². The second kappa shape index (κ2) is 10.4. The van der Waals surface area contributed by atoms with Gasteiger partial charge in [0.25, 0.3) is 0 Å². The molecule has 1 atom stereocenters. The standard InChI is InChI=1S/C21H28F3N3O.C4H8/c1-4-15(8-6-5-7-14(2)13-28)17-12-25-16-11-18(27(3)19(16)26-17)20(9-10-20)21(22,23)24;1-2-4-3-1/h4,11-12,14,28H,5-10,13H2,1-3H3;1-4H2/b15-4+;. The number of hydrogen-bond acceptors (Lipinski definition) is 3. The molecule has 2 aliphatic rings. The number of alkyl halides is 3. The van der Waals surface area contributed by atoms with E-state index in [1.807, 2.05) is 19.9 Å². The van der Waals surface area contributed by atoms with Gasteiger partial charge in [-0.1, -0.05) is 45.1 Å². The number of hydrogen-bond donors (Lipinski definition) is 1. The van der Waals surface area contributed by atoms with Crippen LogP contribution in [0, 0.1) is 5.92 Å². The molecule has 0 aliphatic heterocycles. The third-order valence-corrected chi connectivity index (χ3v) is 6.90. The highest BCUT2D eigenvalue weighted by molar-refractivity contribution is 5.76. The van der Waals surface area contributed by atoms with Crippen LogP contribution >= 0.6 is 0 Å². The van der Waals surface area contributed by atoms with E-state index in [9.17, 15) is 13.2 Å². The first kappa shape index (κ1) is 24.7. The second-order valence-electron chi connectivity index (χ2n) is 9.39. The maximum atomic E-state index is 13.5. The number of nitrogens with zero attached hydrogens (tertiary/aromatic N) is 3. The third kappa shape index (κ3) is 5.36. The smallest absolute Gasteiger partial charge is 0.396 e. The van der Waals surface area contributed by atoms with Crippen LogP contribution in [-0.4, -0.2) is 32.4 Å². The first-order valence-electron chi connectivity index (χ1n) is 11.9. The number of rotatable bonds is 8. The van der Waals surface area contributed by atoms with Crippen molar-refractivity contribution in [1.82, 2.24) is 14.5 Å². The Hall–Kier alpha value is -1.89. The molecule has 0 spiro atoms. The molecule has 2 fully saturated rings. The predicted molar refractivity (Wildman–Crippen MR) is 122 cm³/mol. The van der Waals surface area contributed by atoms with Crippen LogP contribution in [0.1, 0.15) is 89.4 Å². The normalized spacial score (nSPS) is 18.7. The highest BCUT2D eigenvalue weighted by Crippen LogP contribution is 2.59. The summed E-state index contributed by atoms with van der Waals surface area (Å²) in [5.41, 5.74) is 1.28. The minimum absolute atomic E-state index is 0.125. The molecular formula is C25H36F3N3O. The van der Waals surface area contributed by atoms with E-state index in [1.54, 1.807) is 17.8 Å². The lowest BCUT2D eigenvalue weighted by Gasteiger charge is -2.19. The Balaban J connectivity index is 0.000000650. The molecule has 32 heavy (non-hydrogen) atoms. The lowest BCUT2D eigenvalue weighted by molar-refractivity contribution is -0.162. The third-order valence-electron chi connectivity index (χ3n) is 6.90. The van der Waals surface area contributed by atoms with E-state index in [2.05, 4.69) is 9.97 Å². The van der Waals surface area contributed by atoms with Gasteiger partial charge in [0.2, 0.25) is 0 Å². The maximum Gasteiger partial charge on any atom is 0.399 e. The van der Waals surface area contributed by atoms with Gasteiger partial charge in [-0.15, -0.1) is 0 Å². The molecule has 0 aromatic carbocycles. The Morgan fingerprint density at radius 1 is 1.22 bits per heavy atom. The van der Waals surface area contributed by atoms with Crippen LogP contribution in [0.2, 0.25) is 0 Å². The van der Waals surface area contributed by atoms with Crippen molar-refractivity contribution >= 4 is 16.7 Å². The van der Waals surface area contributed by atoms with Crippen LogP contribution in [0.5, 0.6) is 0 Å². The molecule has 2 saturated carbocycles. The molecule has 0 bridgehead atoms. The van der Waals surface area contributed by atoms with Gasteiger partial charge in [-0.3, -0.25) is 4.98 Å². The summed E-state index contributed by atoms with van der Waals surface area (Å²) in [4.78, 5) is 9.04. The summed E-state index contributed by atoms with van der Waals surface area (Å²) in [7, 11) is 1.65. The molecule has 2 aromatic rings. The zero-order chi connectivity index (χ0) is 23.4. The van der Waals surface area contributed by atoms with Crippen molar-refractivity contribution in [3.63, 3.8) is 0 Å². The zero-order valence-electron chi connectivity index (χ0n) is 19.5. The van der Waals surface area contributed by atoms with Crippen molar-refractivity contribution in [2.75, 3.05) is 6.61 Å². The predicted octanol–water partition coefficient (Wildman–Crippen LogP) is 6.71. The van der Waals surface area contributed by atoms with E-state index in [-0.39, 0.29) is 25.1 Å². The van der Waals surface area contributed by atoms with Gasteiger partial charge in [0, 0.05) is 19.3 Å². The first-order chi connectivity index (χ1) is 15.2. The van der Waals surface area contributed by atoms with Crippen LogP contribution < -0.4 is 0 Å². The fourth-order valence-corrected chi connectivity index (χ4v) is 4.07. The number of halogens is 3. The number of aromatic nitrogens is 3. The fourth-order valence-electron chi connectivity index (χ4n) is 4.07. The largest absolute Gasteiger partial charge is 0.399 e. The fraction of sp³-hybridized carbons (Fsp3) is 0.680. The van der Waals surface area contributed by atoms with Gasteiger partial charge in [0.05, 0.1) is 11.9 Å². The van der Waals surface area contributed by atoms with Gasteiger partial charge >= 0.3 is 6.18 Å². The molecule has 178 valence electrons. The number of allylic oxidation sites excluding steroid dienone is 2. The van der Waals surface area contributed by atoms with E-state index in [1.165, 1.54) is 31.7 Å². The Kier molecular flexibility index (Phi) is 8.01. The average molecular weight is 452 g/mol. The first-order valence-corrected chi connectivity index (χ1v) is 11.9. The number of aryl methyl sites for hydroxylation is 1. The summed E-state index contributed by atoms with van der Waals surface area (Å²) in [5.74, 6) is 0.301. The van der Waals surface area contributed by atoms with Crippen molar-refractivity contribution in [3.8, 4) is 0 Å². The van der Waals surface area contributed by atoms with Gasteiger partial charge in [-0.05, 0) is 56.6 Å². The van der Waals surface area contributed by atoms with Crippen LogP contribution in [0.4, 0.5) is 13.2 Å². The number of aliphatic hydroxyl groups excluding tert-OH is 1. The monoisotopic (exact) mass is 451 g/mol. The molecule has 0 saturated heterocycles. The van der Waals surface area contributed by atoms with E-state index in [0.29, 0.717) is 17.1 Å². The quantitative estimate of drug-likeness (QED) is 0.454. The molecule has 1 unspecified atom stereocenters. The van der Waals surface area contributed by atoms with Crippen LogP contribution in [0.25, 0.3) is 16.7 Å². The summed E-state index contributed by atoms with van der Waals surface area (Å²) in [5, 5.41) is 9.11. The molecule has 2 heterocycles. The van der Waals surface area contributed by atoms with E-state index in [4.69, 9.17) is 5.11 Å². The molecule has 2 aromatic heterocycles. The Morgan fingerprint density at radius 3 is 2.38 bits per heavy atom. The van der Waals surface area contributed by atoms with E-state index in [0.717, 1.165) is 37.0 Å². The molecule has 0 amide bonds. The lowest BCUT2D eigenvalue weighted by Crippen LogP contribution is -2.30. The Morgan fingerprint density at radius 2 is 1.88 bits per heavy atom. The van der Waals surface area contributed by atoms with Gasteiger partial charge < -0.3 is 9.67 Å². The number of unbranched alkanes of at least 4 members (excludes halogenated alkanes) is 1. The molecule has 2 aliphatic carbocycles. The number of fused-ring (bicyclic) bond motifs is 1. The molecule has 7 heteroatoms. The minimum atomic E-state index is -4.25. The highest BCUT2D eigenvalue weighted by Gasteiger charge is 2.65.